The number of amides is 1. The highest BCUT2D eigenvalue weighted by Gasteiger charge is 2.55. The molecule has 3 N–H and O–H groups in total. The van der Waals surface area contributed by atoms with Gasteiger partial charge in [0.05, 0.1) is 12.2 Å². The van der Waals surface area contributed by atoms with Crippen molar-refractivity contribution in [2.24, 2.45) is 0 Å². The zero-order valence-electron chi connectivity index (χ0n) is 12.5. The molecule has 6 nitrogen and oxygen atoms in total. The van der Waals surface area contributed by atoms with Gasteiger partial charge in [-0.2, -0.15) is 13.2 Å². The Hall–Kier alpha value is -2.20. The van der Waals surface area contributed by atoms with E-state index in [-0.39, 0.29) is 32.2 Å². The number of hydrogen-bond acceptors (Lipinski definition) is 5. The zero-order chi connectivity index (χ0) is 18.5. The second-order valence-corrected chi connectivity index (χ2v) is 4.93. The lowest BCUT2D eigenvalue weighted by Crippen LogP contribution is -2.52. The molecule has 0 aliphatic carbocycles. The summed E-state index contributed by atoms with van der Waals surface area (Å²) in [6.45, 7) is -0.104. The van der Waals surface area contributed by atoms with Crippen molar-refractivity contribution in [3.8, 4) is 0 Å². The number of aliphatic hydroxyl groups excluding tert-OH is 1. The van der Waals surface area contributed by atoms with Crippen LogP contribution in [0.5, 0.6) is 0 Å². The molecule has 0 heterocycles. The summed E-state index contributed by atoms with van der Waals surface area (Å²) < 4.78 is 56.0. The Bertz CT molecular complexity index is 616. The third kappa shape index (κ3) is 4.65. The summed E-state index contributed by atoms with van der Waals surface area (Å²) in [5.41, 5.74) is -4.53. The number of aliphatic hydroxyl groups is 2. The number of ether oxygens (including phenoxy) is 1. The van der Waals surface area contributed by atoms with E-state index in [0.717, 1.165) is 12.1 Å². The van der Waals surface area contributed by atoms with Crippen LogP contribution in [0, 0.1) is 5.82 Å². The Labute approximate surface area is 134 Å². The fraction of sp³-hybridized carbons (Fsp3) is 0.429. The molecule has 0 radical (unpaired) electrons. The van der Waals surface area contributed by atoms with E-state index in [0.29, 0.717) is 6.07 Å². The van der Waals surface area contributed by atoms with Crippen LogP contribution in [0.4, 0.5) is 23.2 Å². The molecule has 1 unspecified atom stereocenters. The molecular formula is C14H15F4NO5. The van der Waals surface area contributed by atoms with Crippen LogP contribution in [-0.4, -0.2) is 47.1 Å². The van der Waals surface area contributed by atoms with Crippen molar-refractivity contribution in [3.05, 3.63) is 29.6 Å². The number of carbonyl (C=O) groups is 2. The van der Waals surface area contributed by atoms with E-state index in [4.69, 9.17) is 5.11 Å². The Kier molecular flexibility index (Phi) is 6.27. The third-order valence-electron chi connectivity index (χ3n) is 2.98. The zero-order valence-corrected chi connectivity index (χ0v) is 12.5. The minimum absolute atomic E-state index is 0.137. The third-order valence-corrected chi connectivity index (χ3v) is 2.98. The van der Waals surface area contributed by atoms with E-state index in [9.17, 15) is 32.3 Å². The van der Waals surface area contributed by atoms with Gasteiger partial charge in [-0.15, -0.1) is 0 Å². The molecule has 134 valence electrons. The number of carbonyl (C=O) groups excluding carboxylic acids is 2. The van der Waals surface area contributed by atoms with Crippen LogP contribution in [0.1, 0.15) is 23.7 Å². The van der Waals surface area contributed by atoms with E-state index >= 15 is 0 Å². The minimum Gasteiger partial charge on any atom is -0.462 e. The van der Waals surface area contributed by atoms with Crippen LogP contribution in [0.2, 0.25) is 0 Å². The molecule has 0 fully saturated rings. The topological polar surface area (TPSA) is 95.9 Å². The lowest BCUT2D eigenvalue weighted by atomic mass is 10.1. The van der Waals surface area contributed by atoms with Crippen molar-refractivity contribution in [3.63, 3.8) is 0 Å². The summed E-state index contributed by atoms with van der Waals surface area (Å²) in [5.74, 6) is -3.96. The van der Waals surface area contributed by atoms with Gasteiger partial charge in [0, 0.05) is 18.7 Å². The molecule has 1 atom stereocenters. The van der Waals surface area contributed by atoms with E-state index in [1.807, 2.05) is 0 Å². The van der Waals surface area contributed by atoms with Gasteiger partial charge in [0.15, 0.2) is 0 Å². The van der Waals surface area contributed by atoms with E-state index in [2.05, 4.69) is 4.74 Å². The number of rotatable bonds is 6. The van der Waals surface area contributed by atoms with Crippen molar-refractivity contribution in [2.45, 2.75) is 25.1 Å². The molecule has 0 aliphatic heterocycles. The van der Waals surface area contributed by atoms with Crippen molar-refractivity contribution < 1.29 is 42.1 Å². The molecular weight excluding hydrogens is 338 g/mol. The summed E-state index contributed by atoms with van der Waals surface area (Å²) in [4.78, 5) is 23.0. The Morgan fingerprint density at radius 3 is 2.42 bits per heavy atom. The molecule has 0 spiro atoms. The van der Waals surface area contributed by atoms with Crippen LogP contribution >= 0.6 is 0 Å². The van der Waals surface area contributed by atoms with Gasteiger partial charge >= 0.3 is 12.1 Å². The van der Waals surface area contributed by atoms with Gasteiger partial charge in [-0.1, -0.05) is 0 Å². The fourth-order valence-electron chi connectivity index (χ4n) is 1.45. The smallest absolute Gasteiger partial charge is 0.426 e. The minimum atomic E-state index is -5.22. The molecule has 1 amide bonds. The first kappa shape index (κ1) is 19.8. The number of halogens is 4. The average Bonchev–Trinajstić information content (AvgIpc) is 2.46. The summed E-state index contributed by atoms with van der Waals surface area (Å²) in [6, 6.07) is 2.51. The number of benzene rings is 1. The molecule has 1 aromatic carbocycles. The summed E-state index contributed by atoms with van der Waals surface area (Å²) in [5, 5.41) is 19.4. The van der Waals surface area contributed by atoms with E-state index < -0.39 is 35.0 Å². The van der Waals surface area contributed by atoms with Gasteiger partial charge in [-0.25, -0.2) is 9.18 Å². The predicted octanol–water partition coefficient (Wildman–Crippen LogP) is 1.62. The van der Waals surface area contributed by atoms with Crippen LogP contribution in [0.25, 0.3) is 0 Å². The van der Waals surface area contributed by atoms with Gasteiger partial charge in [-0.3, -0.25) is 4.79 Å². The summed E-state index contributed by atoms with van der Waals surface area (Å²) >= 11 is 0. The van der Waals surface area contributed by atoms with Crippen molar-refractivity contribution in [2.75, 3.05) is 18.5 Å². The molecule has 1 aromatic rings. The van der Waals surface area contributed by atoms with Crippen LogP contribution < -0.4 is 5.32 Å². The molecule has 0 aromatic heterocycles. The lowest BCUT2D eigenvalue weighted by Gasteiger charge is -2.24. The fourth-order valence-corrected chi connectivity index (χ4v) is 1.45. The Morgan fingerprint density at radius 1 is 1.29 bits per heavy atom. The van der Waals surface area contributed by atoms with Gasteiger partial charge in [-0.05, 0) is 25.1 Å². The van der Waals surface area contributed by atoms with Crippen molar-refractivity contribution >= 4 is 17.6 Å². The highest BCUT2D eigenvalue weighted by molar-refractivity contribution is 5.98. The molecule has 0 saturated carbocycles. The first-order chi connectivity index (χ1) is 11.0. The average molecular weight is 353 g/mol. The maximum atomic E-state index is 13.8. The van der Waals surface area contributed by atoms with Gasteiger partial charge in [0.25, 0.3) is 5.91 Å². The molecule has 0 bridgehead atoms. The first-order valence-corrected chi connectivity index (χ1v) is 6.68. The van der Waals surface area contributed by atoms with Gasteiger partial charge < -0.3 is 20.3 Å². The molecule has 24 heavy (non-hydrogen) atoms. The molecule has 0 saturated heterocycles. The van der Waals surface area contributed by atoms with Crippen LogP contribution in [0.15, 0.2) is 18.2 Å². The first-order valence-electron chi connectivity index (χ1n) is 6.68. The maximum absolute atomic E-state index is 13.8. The summed E-state index contributed by atoms with van der Waals surface area (Å²) in [6.07, 6.45) is -5.06. The lowest BCUT2D eigenvalue weighted by molar-refractivity contribution is -0.242. The number of anilines is 1. The molecule has 10 heteroatoms. The standard InChI is InChI=1S/C14H15F4NO5/c1-13(23,14(16,17)18)12(22)19-8-3-4-9(10(15)7-8)11(21)24-6-2-5-20/h3-4,7,20,23H,2,5-6H2,1H3,(H,19,22). The Morgan fingerprint density at radius 2 is 1.92 bits per heavy atom. The largest absolute Gasteiger partial charge is 0.462 e. The number of alkyl halides is 3. The number of esters is 1. The Balaban J connectivity index is 2.85. The van der Waals surface area contributed by atoms with Crippen LogP contribution in [0.3, 0.4) is 0 Å². The highest BCUT2D eigenvalue weighted by Crippen LogP contribution is 2.31. The quantitative estimate of drug-likeness (QED) is 0.410. The number of nitrogens with one attached hydrogen (secondary N) is 1. The van der Waals surface area contributed by atoms with E-state index in [1.165, 1.54) is 0 Å². The van der Waals surface area contributed by atoms with Crippen molar-refractivity contribution in [1.29, 1.82) is 0 Å². The summed E-state index contributed by atoms with van der Waals surface area (Å²) in [7, 11) is 0. The monoisotopic (exact) mass is 353 g/mol. The second kappa shape index (κ2) is 7.58. The molecule has 1 rings (SSSR count). The van der Waals surface area contributed by atoms with E-state index in [1.54, 1.807) is 5.32 Å². The SMILES string of the molecule is CC(O)(C(=O)Nc1ccc(C(=O)OCCCO)c(F)c1)C(F)(F)F. The van der Waals surface area contributed by atoms with Crippen molar-refractivity contribution in [1.82, 2.24) is 0 Å². The number of hydrogen-bond donors (Lipinski definition) is 3. The normalized spacial score (nSPS) is 14.0. The maximum Gasteiger partial charge on any atom is 0.426 e. The van der Waals surface area contributed by atoms with Gasteiger partial charge in [0.2, 0.25) is 5.60 Å². The second-order valence-electron chi connectivity index (χ2n) is 4.93. The molecule has 0 aliphatic rings. The van der Waals surface area contributed by atoms with Gasteiger partial charge in [0.1, 0.15) is 5.82 Å². The highest BCUT2D eigenvalue weighted by atomic mass is 19.4. The predicted molar refractivity (Wildman–Crippen MR) is 73.7 cm³/mol. The van der Waals surface area contributed by atoms with Crippen LogP contribution in [-0.2, 0) is 9.53 Å².